The molecule has 1 saturated carbocycles. The van der Waals surface area contributed by atoms with Crippen LogP contribution in [0.3, 0.4) is 0 Å². The van der Waals surface area contributed by atoms with Crippen molar-refractivity contribution < 1.29 is 14.3 Å². The van der Waals surface area contributed by atoms with Crippen LogP contribution in [0.5, 0.6) is 0 Å². The van der Waals surface area contributed by atoms with Gasteiger partial charge in [-0.3, -0.25) is 4.79 Å². The lowest BCUT2D eigenvalue weighted by atomic mass is 9.78. The predicted octanol–water partition coefficient (Wildman–Crippen LogP) is 2.23. The van der Waals surface area contributed by atoms with Crippen LogP contribution in [-0.4, -0.2) is 43.6 Å². The minimum absolute atomic E-state index is 0.101. The summed E-state index contributed by atoms with van der Waals surface area (Å²) in [5.74, 6) is 0.192. The molecule has 2 aromatic heterocycles. The van der Waals surface area contributed by atoms with Gasteiger partial charge in [0.2, 0.25) is 0 Å². The van der Waals surface area contributed by atoms with E-state index in [4.69, 9.17) is 4.74 Å². The summed E-state index contributed by atoms with van der Waals surface area (Å²) in [6.07, 6.45) is 2.33. The number of carbonyl (C=O) groups excluding carboxylic acids is 2. The number of carbonyl (C=O) groups is 2. The number of ether oxygens (including phenoxy) is 1. The third-order valence-corrected chi connectivity index (χ3v) is 5.49. The maximum Gasteiger partial charge on any atom is 0.379 e. The second-order valence-electron chi connectivity index (χ2n) is 7.62. The number of rotatable bonds is 4. The van der Waals surface area contributed by atoms with Gasteiger partial charge in [0, 0.05) is 17.4 Å². The maximum atomic E-state index is 12.5. The highest BCUT2D eigenvalue weighted by Gasteiger charge is 2.30. The van der Waals surface area contributed by atoms with E-state index in [-0.39, 0.29) is 17.8 Å². The molecule has 0 radical (unpaired) electrons. The average Bonchev–Trinajstić information content (AvgIpc) is 3.03. The number of hydrogen-bond donors (Lipinski definition) is 1. The first-order chi connectivity index (χ1) is 12.8. The Morgan fingerprint density at radius 1 is 1.26 bits per heavy atom. The quantitative estimate of drug-likeness (QED) is 0.825. The number of aryl methyl sites for hydroxylation is 2. The molecule has 0 saturated heterocycles. The molecule has 146 valence electrons. The lowest BCUT2D eigenvalue weighted by Gasteiger charge is -2.35. The molecule has 4 atom stereocenters. The molecule has 0 aliphatic heterocycles. The fourth-order valence-corrected chi connectivity index (χ4v) is 3.61. The van der Waals surface area contributed by atoms with Gasteiger partial charge < -0.3 is 10.1 Å². The fraction of sp³-hybridized carbons (Fsp3) is 0.632. The van der Waals surface area contributed by atoms with E-state index in [1.54, 1.807) is 6.92 Å². The van der Waals surface area contributed by atoms with Gasteiger partial charge in [-0.1, -0.05) is 26.7 Å². The van der Waals surface area contributed by atoms with Crippen LogP contribution in [0.2, 0.25) is 0 Å². The van der Waals surface area contributed by atoms with Crippen LogP contribution in [0.15, 0.2) is 6.07 Å². The zero-order valence-electron chi connectivity index (χ0n) is 16.5. The molecule has 0 aromatic carbocycles. The highest BCUT2D eigenvalue weighted by atomic mass is 16.5. The number of aromatic nitrogens is 4. The molecule has 8 nitrogen and oxygen atoms in total. The molecule has 27 heavy (non-hydrogen) atoms. The van der Waals surface area contributed by atoms with Gasteiger partial charge in [0.05, 0.1) is 0 Å². The van der Waals surface area contributed by atoms with Gasteiger partial charge in [-0.15, -0.1) is 5.10 Å². The molecular formula is C19H27N5O3. The molecule has 1 aliphatic rings. The van der Waals surface area contributed by atoms with Gasteiger partial charge in [-0.25, -0.2) is 14.3 Å². The van der Waals surface area contributed by atoms with Crippen molar-refractivity contribution in [3.63, 3.8) is 0 Å². The molecule has 0 unspecified atom stereocenters. The molecule has 2 heterocycles. The molecule has 1 amide bonds. The van der Waals surface area contributed by atoms with Crippen LogP contribution >= 0.6 is 0 Å². The summed E-state index contributed by atoms with van der Waals surface area (Å²) in [5.41, 5.74) is 1.60. The molecule has 1 aliphatic carbocycles. The number of nitrogens with zero attached hydrogens (tertiary/aromatic N) is 4. The standard InChI is InChI=1S/C19H27N5O3/c1-10-7-6-8-15(13(10)4)21-17(25)14(5)27-18(26)16-22-19-20-11(2)9-12(3)24(19)23-16/h9-10,13-15H,6-8H2,1-5H3,(H,21,25)/t10-,13-,14+,15-/m0/s1. The number of esters is 1. The lowest BCUT2D eigenvalue weighted by molar-refractivity contribution is -0.130. The molecular weight excluding hydrogens is 346 g/mol. The topological polar surface area (TPSA) is 98.5 Å². The number of amides is 1. The summed E-state index contributed by atoms with van der Waals surface area (Å²) in [7, 11) is 0. The summed E-state index contributed by atoms with van der Waals surface area (Å²) >= 11 is 0. The van der Waals surface area contributed by atoms with E-state index in [1.807, 2.05) is 19.9 Å². The van der Waals surface area contributed by atoms with E-state index < -0.39 is 12.1 Å². The average molecular weight is 373 g/mol. The van der Waals surface area contributed by atoms with Crippen molar-refractivity contribution in [3.8, 4) is 0 Å². The SMILES string of the molecule is Cc1cc(C)n2nc(C(=O)O[C@H](C)C(=O)N[C@H]3CCC[C@H](C)[C@@H]3C)nc2n1. The van der Waals surface area contributed by atoms with Gasteiger partial charge >= 0.3 is 5.97 Å². The summed E-state index contributed by atoms with van der Waals surface area (Å²) in [6.45, 7) is 9.63. The van der Waals surface area contributed by atoms with E-state index >= 15 is 0 Å². The molecule has 2 aromatic rings. The number of hydrogen-bond acceptors (Lipinski definition) is 6. The lowest BCUT2D eigenvalue weighted by Crippen LogP contribution is -2.47. The predicted molar refractivity (Wildman–Crippen MR) is 99.2 cm³/mol. The van der Waals surface area contributed by atoms with Crippen LogP contribution < -0.4 is 5.32 Å². The monoisotopic (exact) mass is 373 g/mol. The number of nitrogens with one attached hydrogen (secondary N) is 1. The van der Waals surface area contributed by atoms with E-state index in [1.165, 1.54) is 10.9 Å². The van der Waals surface area contributed by atoms with Crippen LogP contribution in [-0.2, 0) is 9.53 Å². The third kappa shape index (κ3) is 4.09. The van der Waals surface area contributed by atoms with Crippen molar-refractivity contribution >= 4 is 17.7 Å². The van der Waals surface area contributed by atoms with Gasteiger partial charge in [-0.2, -0.15) is 4.98 Å². The third-order valence-electron chi connectivity index (χ3n) is 5.49. The van der Waals surface area contributed by atoms with E-state index in [9.17, 15) is 9.59 Å². The fourth-order valence-electron chi connectivity index (χ4n) is 3.61. The minimum atomic E-state index is -0.913. The molecule has 3 rings (SSSR count). The second kappa shape index (κ2) is 7.62. The summed E-state index contributed by atoms with van der Waals surface area (Å²) in [5, 5.41) is 7.16. The first-order valence-electron chi connectivity index (χ1n) is 9.48. The van der Waals surface area contributed by atoms with Crippen molar-refractivity contribution in [1.29, 1.82) is 0 Å². The van der Waals surface area contributed by atoms with Crippen molar-refractivity contribution in [1.82, 2.24) is 24.9 Å². The van der Waals surface area contributed by atoms with Gasteiger partial charge in [-0.05, 0) is 45.1 Å². The Hall–Kier alpha value is -2.51. The Labute approximate surface area is 158 Å². The first kappa shape index (κ1) is 19.3. The summed E-state index contributed by atoms with van der Waals surface area (Å²) < 4.78 is 6.77. The normalized spacial score (nSPS) is 23.8. The van der Waals surface area contributed by atoms with Gasteiger partial charge in [0.25, 0.3) is 17.5 Å². The van der Waals surface area contributed by atoms with Gasteiger partial charge in [0.1, 0.15) is 0 Å². The smallest absolute Gasteiger partial charge is 0.379 e. The Morgan fingerprint density at radius 2 is 2.00 bits per heavy atom. The van der Waals surface area contributed by atoms with Crippen molar-refractivity contribution in [2.45, 2.75) is 66.0 Å². The van der Waals surface area contributed by atoms with Crippen LogP contribution in [0.1, 0.15) is 62.0 Å². The van der Waals surface area contributed by atoms with Crippen molar-refractivity contribution in [2.24, 2.45) is 11.8 Å². The Balaban J connectivity index is 1.65. The highest BCUT2D eigenvalue weighted by molar-refractivity contribution is 5.89. The second-order valence-corrected chi connectivity index (χ2v) is 7.62. The molecule has 1 fully saturated rings. The molecule has 0 spiro atoms. The summed E-state index contributed by atoms with van der Waals surface area (Å²) in [6, 6.07) is 1.96. The Kier molecular flexibility index (Phi) is 5.43. The van der Waals surface area contributed by atoms with Crippen molar-refractivity contribution in [2.75, 3.05) is 0 Å². The number of fused-ring (bicyclic) bond motifs is 1. The van der Waals surface area contributed by atoms with Crippen LogP contribution in [0.4, 0.5) is 0 Å². The van der Waals surface area contributed by atoms with Gasteiger partial charge in [0.15, 0.2) is 6.10 Å². The molecule has 8 heteroatoms. The zero-order valence-corrected chi connectivity index (χ0v) is 16.5. The molecule has 0 bridgehead atoms. The van der Waals surface area contributed by atoms with E-state index in [2.05, 4.69) is 34.2 Å². The molecule has 1 N–H and O–H groups in total. The minimum Gasteiger partial charge on any atom is -0.447 e. The van der Waals surface area contributed by atoms with Crippen LogP contribution in [0, 0.1) is 25.7 Å². The van der Waals surface area contributed by atoms with E-state index in [0.717, 1.165) is 24.2 Å². The van der Waals surface area contributed by atoms with Crippen LogP contribution in [0.25, 0.3) is 5.78 Å². The Bertz CT molecular complexity index is 862. The largest absolute Gasteiger partial charge is 0.447 e. The Morgan fingerprint density at radius 3 is 2.74 bits per heavy atom. The van der Waals surface area contributed by atoms with Crippen molar-refractivity contribution in [3.05, 3.63) is 23.3 Å². The first-order valence-corrected chi connectivity index (χ1v) is 9.48. The highest BCUT2D eigenvalue weighted by Crippen LogP contribution is 2.29. The maximum absolute atomic E-state index is 12.5. The summed E-state index contributed by atoms with van der Waals surface area (Å²) in [4.78, 5) is 33.2. The zero-order chi connectivity index (χ0) is 19.7. The van der Waals surface area contributed by atoms with E-state index in [0.29, 0.717) is 17.6 Å².